The van der Waals surface area contributed by atoms with E-state index in [1.165, 1.54) is 0 Å². The topological polar surface area (TPSA) is 72.6 Å². The van der Waals surface area contributed by atoms with E-state index in [-0.39, 0.29) is 24.9 Å². The second-order valence-corrected chi connectivity index (χ2v) is 4.04. The summed E-state index contributed by atoms with van der Waals surface area (Å²) in [5.74, 6) is -0.528. The van der Waals surface area contributed by atoms with Crippen LogP contribution in [0.25, 0.3) is 0 Å². The van der Waals surface area contributed by atoms with Crippen LogP contribution in [0.5, 0.6) is 5.75 Å². The van der Waals surface area contributed by atoms with Crippen molar-refractivity contribution in [3.63, 3.8) is 0 Å². The molecule has 0 saturated heterocycles. The molecule has 0 aliphatic rings. The van der Waals surface area contributed by atoms with Crippen molar-refractivity contribution in [1.82, 2.24) is 0 Å². The van der Waals surface area contributed by atoms with Gasteiger partial charge in [-0.2, -0.15) is 13.2 Å². The minimum absolute atomic E-state index is 0.0251. The number of aliphatic hydroxyl groups excluding tert-OH is 1. The molecule has 1 aromatic rings. The van der Waals surface area contributed by atoms with E-state index in [2.05, 4.69) is 0 Å². The van der Waals surface area contributed by atoms with Gasteiger partial charge in [0.2, 0.25) is 0 Å². The molecule has 0 bridgehead atoms. The number of ether oxygens (including phenoxy) is 1. The molecule has 8 heteroatoms. The number of aliphatic hydroxyl groups is 1. The molecular formula is C11H12F3NO4. The lowest BCUT2D eigenvalue weighted by Crippen LogP contribution is -2.13. The molecule has 106 valence electrons. The van der Waals surface area contributed by atoms with E-state index < -0.39 is 22.4 Å². The molecular weight excluding hydrogens is 267 g/mol. The van der Waals surface area contributed by atoms with Gasteiger partial charge in [-0.3, -0.25) is 10.1 Å². The predicted molar refractivity (Wildman–Crippen MR) is 59.8 cm³/mol. The van der Waals surface area contributed by atoms with Gasteiger partial charge in [0, 0.05) is 18.6 Å². The van der Waals surface area contributed by atoms with Crippen LogP contribution in [-0.2, 0) is 6.18 Å². The van der Waals surface area contributed by atoms with E-state index in [9.17, 15) is 23.3 Å². The molecule has 5 nitrogen and oxygen atoms in total. The highest BCUT2D eigenvalue weighted by molar-refractivity contribution is 5.49. The highest BCUT2D eigenvalue weighted by Crippen LogP contribution is 2.36. The van der Waals surface area contributed by atoms with Crippen molar-refractivity contribution < 1.29 is 27.9 Å². The summed E-state index contributed by atoms with van der Waals surface area (Å²) in [6, 6.07) is 2.05. The Bertz CT molecular complexity index is 462. The number of halogens is 3. The largest absolute Gasteiger partial charge is 0.486 e. The summed E-state index contributed by atoms with van der Waals surface area (Å²) < 4.78 is 42.4. The number of nitrogens with zero attached hydrogens (tertiary/aromatic N) is 1. The molecule has 0 spiro atoms. The maximum Gasteiger partial charge on any atom is 0.416 e. The zero-order valence-electron chi connectivity index (χ0n) is 9.98. The lowest BCUT2D eigenvalue weighted by molar-refractivity contribution is -0.386. The number of hydrogen-bond donors (Lipinski definition) is 1. The summed E-state index contributed by atoms with van der Waals surface area (Å²) in [6.45, 7) is 1.42. The molecule has 1 N–H and O–H groups in total. The number of nitro benzene ring substituents is 1. The molecule has 0 saturated carbocycles. The van der Waals surface area contributed by atoms with Crippen molar-refractivity contribution in [3.05, 3.63) is 33.9 Å². The fourth-order valence-electron chi connectivity index (χ4n) is 1.24. The minimum atomic E-state index is -4.65. The average molecular weight is 279 g/mol. The summed E-state index contributed by atoms with van der Waals surface area (Å²) in [7, 11) is 0. The molecule has 1 rings (SSSR count). The molecule has 0 fully saturated rings. The maximum absolute atomic E-state index is 12.4. The highest BCUT2D eigenvalue weighted by atomic mass is 19.4. The van der Waals surface area contributed by atoms with Gasteiger partial charge in [0.15, 0.2) is 5.75 Å². The first kappa shape index (κ1) is 15.2. The van der Waals surface area contributed by atoms with Crippen LogP contribution in [-0.4, -0.2) is 23.2 Å². The first-order valence-electron chi connectivity index (χ1n) is 5.35. The smallest absolute Gasteiger partial charge is 0.416 e. The van der Waals surface area contributed by atoms with Gasteiger partial charge >= 0.3 is 11.9 Å². The summed E-state index contributed by atoms with van der Waals surface area (Å²) in [5, 5.41) is 19.5. The minimum Gasteiger partial charge on any atom is -0.486 e. The lowest BCUT2D eigenvalue weighted by Gasteiger charge is -2.12. The molecule has 0 aliphatic heterocycles. The van der Waals surface area contributed by atoms with E-state index in [0.717, 1.165) is 6.07 Å². The standard InChI is InChI=1S/C11H12F3NO4/c1-7(5-16)6-19-10-3-2-8(11(12,13)14)4-9(10)15(17)18/h2-4,7,16H,5-6H2,1H3. The fourth-order valence-corrected chi connectivity index (χ4v) is 1.24. The molecule has 1 unspecified atom stereocenters. The van der Waals surface area contributed by atoms with E-state index in [1.54, 1.807) is 6.92 Å². The SMILES string of the molecule is CC(CO)COc1ccc(C(F)(F)F)cc1[N+](=O)[O-]. The molecule has 0 aliphatic carbocycles. The van der Waals surface area contributed by atoms with Crippen molar-refractivity contribution in [2.75, 3.05) is 13.2 Å². The third-order valence-corrected chi connectivity index (χ3v) is 2.32. The van der Waals surface area contributed by atoms with Crippen molar-refractivity contribution in [2.24, 2.45) is 5.92 Å². The van der Waals surface area contributed by atoms with E-state index in [4.69, 9.17) is 9.84 Å². The highest BCUT2D eigenvalue weighted by Gasteiger charge is 2.33. The number of hydrogen-bond acceptors (Lipinski definition) is 4. The van der Waals surface area contributed by atoms with Crippen LogP contribution in [0.3, 0.4) is 0 Å². The van der Waals surface area contributed by atoms with Crippen LogP contribution >= 0.6 is 0 Å². The van der Waals surface area contributed by atoms with Crippen molar-refractivity contribution in [2.45, 2.75) is 13.1 Å². The molecule has 0 heterocycles. The van der Waals surface area contributed by atoms with Crippen LogP contribution in [0.15, 0.2) is 18.2 Å². The zero-order chi connectivity index (χ0) is 14.6. The number of nitro groups is 1. The second-order valence-electron chi connectivity index (χ2n) is 4.04. The van der Waals surface area contributed by atoms with Crippen LogP contribution in [0.1, 0.15) is 12.5 Å². The van der Waals surface area contributed by atoms with Crippen LogP contribution in [0.4, 0.5) is 18.9 Å². The normalized spacial score (nSPS) is 13.1. The van der Waals surface area contributed by atoms with Gasteiger partial charge in [-0.1, -0.05) is 6.92 Å². The maximum atomic E-state index is 12.4. The lowest BCUT2D eigenvalue weighted by atomic mass is 10.1. The van der Waals surface area contributed by atoms with Gasteiger partial charge in [-0.05, 0) is 12.1 Å². The van der Waals surface area contributed by atoms with Gasteiger partial charge in [0.1, 0.15) is 0 Å². The van der Waals surface area contributed by atoms with E-state index >= 15 is 0 Å². The number of benzene rings is 1. The first-order valence-corrected chi connectivity index (χ1v) is 5.35. The van der Waals surface area contributed by atoms with Crippen LogP contribution < -0.4 is 4.74 Å². The second kappa shape index (κ2) is 5.87. The number of rotatable bonds is 5. The Kier molecular flexibility index (Phi) is 4.71. The monoisotopic (exact) mass is 279 g/mol. The van der Waals surface area contributed by atoms with Crippen molar-refractivity contribution in [3.8, 4) is 5.75 Å². The van der Waals surface area contributed by atoms with E-state index in [1.807, 2.05) is 0 Å². The number of alkyl halides is 3. The van der Waals surface area contributed by atoms with Gasteiger partial charge in [-0.15, -0.1) is 0 Å². The molecule has 0 aromatic heterocycles. The third-order valence-electron chi connectivity index (χ3n) is 2.32. The Balaban J connectivity index is 3.02. The van der Waals surface area contributed by atoms with E-state index in [0.29, 0.717) is 12.1 Å². The third kappa shape index (κ3) is 4.09. The Morgan fingerprint density at radius 1 is 1.47 bits per heavy atom. The van der Waals surface area contributed by atoms with Crippen molar-refractivity contribution in [1.29, 1.82) is 0 Å². The van der Waals surface area contributed by atoms with Gasteiger partial charge in [-0.25, -0.2) is 0 Å². The Morgan fingerprint density at radius 2 is 2.11 bits per heavy atom. The molecule has 1 aromatic carbocycles. The van der Waals surface area contributed by atoms with Gasteiger partial charge < -0.3 is 9.84 Å². The van der Waals surface area contributed by atoms with Gasteiger partial charge in [0.25, 0.3) is 0 Å². The first-order chi connectivity index (χ1) is 8.75. The molecule has 19 heavy (non-hydrogen) atoms. The Hall–Kier alpha value is -1.83. The zero-order valence-corrected chi connectivity index (χ0v) is 9.98. The Morgan fingerprint density at radius 3 is 2.58 bits per heavy atom. The van der Waals surface area contributed by atoms with Gasteiger partial charge in [0.05, 0.1) is 17.1 Å². The average Bonchev–Trinajstić information content (AvgIpc) is 2.34. The Labute approximate surface area is 106 Å². The molecule has 0 radical (unpaired) electrons. The predicted octanol–water partition coefficient (Wildman–Crippen LogP) is 2.62. The summed E-state index contributed by atoms with van der Waals surface area (Å²) in [5.41, 5.74) is -1.86. The van der Waals surface area contributed by atoms with Crippen molar-refractivity contribution >= 4 is 5.69 Å². The quantitative estimate of drug-likeness (QED) is 0.664. The molecule has 0 amide bonds. The summed E-state index contributed by atoms with van der Waals surface area (Å²) in [4.78, 5) is 9.79. The van der Waals surface area contributed by atoms with Crippen LogP contribution in [0, 0.1) is 16.0 Å². The summed E-state index contributed by atoms with van der Waals surface area (Å²) in [6.07, 6.45) is -4.65. The fraction of sp³-hybridized carbons (Fsp3) is 0.455. The summed E-state index contributed by atoms with van der Waals surface area (Å²) >= 11 is 0. The van der Waals surface area contributed by atoms with Crippen LogP contribution in [0.2, 0.25) is 0 Å². The molecule has 1 atom stereocenters.